The van der Waals surface area contributed by atoms with Crippen molar-refractivity contribution >= 4 is 34.4 Å². The van der Waals surface area contributed by atoms with E-state index in [1.807, 2.05) is 54.1 Å². The molecular weight excluding hydrogens is 459 g/mol. The molecule has 33 heavy (non-hydrogen) atoms. The van der Waals surface area contributed by atoms with Crippen LogP contribution in [0, 0.1) is 5.82 Å². The maximum atomic E-state index is 13.8. The minimum atomic E-state index is -0.357. The largest absolute Gasteiger partial charge is 0.496 e. The second kappa shape index (κ2) is 8.92. The maximum Gasteiger partial charge on any atom is 0.173 e. The first-order valence-corrected chi connectivity index (χ1v) is 11.6. The summed E-state index contributed by atoms with van der Waals surface area (Å²) in [7, 11) is 3.55. The molecule has 5 aromatic rings. The molecule has 5 rings (SSSR count). The van der Waals surface area contributed by atoms with Crippen LogP contribution < -0.4 is 4.74 Å². The molecule has 0 saturated carbocycles. The zero-order valence-electron chi connectivity index (χ0n) is 18.0. The topological polar surface area (TPSA) is 44.9 Å². The van der Waals surface area contributed by atoms with Crippen LogP contribution in [0.1, 0.15) is 5.82 Å². The molecule has 2 heterocycles. The zero-order valence-corrected chi connectivity index (χ0v) is 19.6. The fraction of sp³-hybridized carbons (Fsp3) is 0.120. The SMILES string of the molecule is COc1cc(F)ccc1-c1cnc(SCc2nc3ccccc3n2C)n1-c1ccc(Cl)cc1. The van der Waals surface area contributed by atoms with Gasteiger partial charge in [-0.05, 0) is 48.5 Å². The lowest BCUT2D eigenvalue weighted by atomic mass is 10.1. The standard InChI is InChI=1S/C25H20ClFN4OS/c1-30-21-6-4-3-5-20(21)29-24(30)15-33-25-28-14-22(19-12-9-17(27)13-23(19)32-2)31(25)18-10-7-16(26)8-11-18/h3-14H,15H2,1-2H3. The van der Waals surface area contributed by atoms with Gasteiger partial charge in [0, 0.05) is 29.4 Å². The van der Waals surface area contributed by atoms with Crippen molar-refractivity contribution in [3.63, 3.8) is 0 Å². The molecule has 0 N–H and O–H groups in total. The van der Waals surface area contributed by atoms with Gasteiger partial charge in [0.1, 0.15) is 17.4 Å². The van der Waals surface area contributed by atoms with E-state index in [1.165, 1.54) is 19.2 Å². The molecule has 0 amide bonds. The summed E-state index contributed by atoms with van der Waals surface area (Å²) >= 11 is 7.71. The van der Waals surface area contributed by atoms with Gasteiger partial charge in [-0.3, -0.25) is 4.57 Å². The number of rotatable bonds is 6. The lowest BCUT2D eigenvalue weighted by Gasteiger charge is -2.14. The molecule has 0 aliphatic rings. The fourth-order valence-corrected chi connectivity index (χ4v) is 4.90. The molecular formula is C25H20ClFN4OS. The van der Waals surface area contributed by atoms with E-state index in [-0.39, 0.29) is 5.82 Å². The molecule has 8 heteroatoms. The van der Waals surface area contributed by atoms with Crippen LogP contribution >= 0.6 is 23.4 Å². The molecule has 5 nitrogen and oxygen atoms in total. The first-order valence-electron chi connectivity index (χ1n) is 10.3. The lowest BCUT2D eigenvalue weighted by Crippen LogP contribution is -2.02. The van der Waals surface area contributed by atoms with Crippen LogP contribution in [0.25, 0.3) is 28.0 Å². The Hall–Kier alpha value is -3.29. The van der Waals surface area contributed by atoms with Gasteiger partial charge in [-0.25, -0.2) is 14.4 Å². The third-order valence-electron chi connectivity index (χ3n) is 5.46. The zero-order chi connectivity index (χ0) is 22.9. The van der Waals surface area contributed by atoms with Crippen molar-refractivity contribution in [3.05, 3.63) is 89.6 Å². The Morgan fingerprint density at radius 2 is 1.85 bits per heavy atom. The van der Waals surface area contributed by atoms with E-state index in [0.717, 1.165) is 39.0 Å². The number of benzene rings is 3. The van der Waals surface area contributed by atoms with Crippen molar-refractivity contribution < 1.29 is 9.13 Å². The third kappa shape index (κ3) is 4.10. The Balaban J connectivity index is 1.57. The fourth-order valence-electron chi connectivity index (χ4n) is 3.80. The van der Waals surface area contributed by atoms with E-state index in [1.54, 1.807) is 24.0 Å². The number of aromatic nitrogens is 4. The van der Waals surface area contributed by atoms with Crippen LogP contribution in [0.4, 0.5) is 4.39 Å². The molecule has 3 aromatic carbocycles. The number of fused-ring (bicyclic) bond motifs is 1. The van der Waals surface area contributed by atoms with Gasteiger partial charge in [-0.15, -0.1) is 0 Å². The van der Waals surface area contributed by atoms with Crippen molar-refractivity contribution in [1.82, 2.24) is 19.1 Å². The second-order valence-corrected chi connectivity index (χ2v) is 8.83. The average molecular weight is 479 g/mol. The molecule has 166 valence electrons. The van der Waals surface area contributed by atoms with Gasteiger partial charge in [-0.2, -0.15) is 0 Å². The number of hydrogen-bond acceptors (Lipinski definition) is 4. The number of ether oxygens (including phenoxy) is 1. The van der Waals surface area contributed by atoms with E-state index >= 15 is 0 Å². The van der Waals surface area contributed by atoms with Crippen molar-refractivity contribution in [2.45, 2.75) is 10.9 Å². The monoisotopic (exact) mass is 478 g/mol. The molecule has 0 radical (unpaired) electrons. The highest BCUT2D eigenvalue weighted by molar-refractivity contribution is 7.98. The summed E-state index contributed by atoms with van der Waals surface area (Å²) in [6, 6.07) is 20.1. The van der Waals surface area contributed by atoms with E-state index in [9.17, 15) is 4.39 Å². The highest BCUT2D eigenvalue weighted by atomic mass is 35.5. The van der Waals surface area contributed by atoms with E-state index < -0.39 is 0 Å². The number of hydrogen-bond donors (Lipinski definition) is 0. The van der Waals surface area contributed by atoms with Gasteiger partial charge in [-0.1, -0.05) is 35.5 Å². The summed E-state index contributed by atoms with van der Waals surface area (Å²) in [6.07, 6.45) is 1.78. The number of methoxy groups -OCH3 is 1. The lowest BCUT2D eigenvalue weighted by molar-refractivity contribution is 0.412. The summed E-state index contributed by atoms with van der Waals surface area (Å²) in [6.45, 7) is 0. The first-order chi connectivity index (χ1) is 16.0. The molecule has 0 fully saturated rings. The highest BCUT2D eigenvalue weighted by Gasteiger charge is 2.19. The van der Waals surface area contributed by atoms with E-state index in [2.05, 4.69) is 10.6 Å². The summed E-state index contributed by atoms with van der Waals surface area (Å²) in [5, 5.41) is 1.43. The average Bonchev–Trinajstić information content (AvgIpc) is 3.39. The summed E-state index contributed by atoms with van der Waals surface area (Å²) in [5.41, 5.74) is 4.49. The Labute approximate surface area is 199 Å². The molecule has 0 unspecified atom stereocenters. The normalized spacial score (nSPS) is 11.3. The predicted octanol–water partition coefficient (Wildman–Crippen LogP) is 6.52. The van der Waals surface area contributed by atoms with Crippen LogP contribution in [0.15, 0.2) is 78.1 Å². The van der Waals surface area contributed by atoms with Gasteiger partial charge >= 0.3 is 0 Å². The second-order valence-electron chi connectivity index (χ2n) is 7.45. The van der Waals surface area contributed by atoms with Crippen molar-refractivity contribution in [2.75, 3.05) is 7.11 Å². The summed E-state index contributed by atoms with van der Waals surface area (Å²) < 4.78 is 23.4. The predicted molar refractivity (Wildman–Crippen MR) is 131 cm³/mol. The number of para-hydroxylation sites is 2. The summed E-state index contributed by atoms with van der Waals surface area (Å²) in [5.74, 6) is 1.67. The minimum absolute atomic E-state index is 0.357. The summed E-state index contributed by atoms with van der Waals surface area (Å²) in [4.78, 5) is 9.46. The quantitative estimate of drug-likeness (QED) is 0.261. The molecule has 2 aromatic heterocycles. The van der Waals surface area contributed by atoms with Gasteiger partial charge in [0.25, 0.3) is 0 Å². The Bertz CT molecular complexity index is 1450. The van der Waals surface area contributed by atoms with Crippen LogP contribution in [-0.2, 0) is 12.8 Å². The van der Waals surface area contributed by atoms with Gasteiger partial charge in [0.2, 0.25) is 0 Å². The van der Waals surface area contributed by atoms with Crippen LogP contribution in [0.2, 0.25) is 5.02 Å². The number of thioether (sulfide) groups is 1. The Morgan fingerprint density at radius 3 is 2.61 bits per heavy atom. The number of imidazole rings is 2. The van der Waals surface area contributed by atoms with E-state index in [0.29, 0.717) is 16.5 Å². The van der Waals surface area contributed by atoms with E-state index in [4.69, 9.17) is 26.3 Å². The van der Waals surface area contributed by atoms with Crippen molar-refractivity contribution in [3.8, 4) is 22.7 Å². The number of halogens is 2. The van der Waals surface area contributed by atoms with Crippen molar-refractivity contribution in [2.24, 2.45) is 7.05 Å². The minimum Gasteiger partial charge on any atom is -0.496 e. The van der Waals surface area contributed by atoms with Crippen LogP contribution in [-0.4, -0.2) is 26.2 Å². The molecule has 0 aliphatic heterocycles. The molecule has 0 bridgehead atoms. The van der Waals surface area contributed by atoms with Gasteiger partial charge in [0.15, 0.2) is 5.16 Å². The van der Waals surface area contributed by atoms with Crippen LogP contribution in [0.5, 0.6) is 5.75 Å². The van der Waals surface area contributed by atoms with Crippen molar-refractivity contribution in [1.29, 1.82) is 0 Å². The maximum absolute atomic E-state index is 13.8. The number of aryl methyl sites for hydroxylation is 1. The third-order valence-corrected chi connectivity index (χ3v) is 6.66. The van der Waals surface area contributed by atoms with Gasteiger partial charge in [0.05, 0.1) is 35.8 Å². The molecule has 0 aliphatic carbocycles. The Morgan fingerprint density at radius 1 is 1.06 bits per heavy atom. The molecule has 0 spiro atoms. The smallest absolute Gasteiger partial charge is 0.173 e. The highest BCUT2D eigenvalue weighted by Crippen LogP contribution is 2.36. The molecule has 0 saturated heterocycles. The van der Waals surface area contributed by atoms with Crippen LogP contribution in [0.3, 0.4) is 0 Å². The Kier molecular flexibility index (Phi) is 5.83. The number of nitrogens with zero attached hydrogens (tertiary/aromatic N) is 4. The van der Waals surface area contributed by atoms with Gasteiger partial charge < -0.3 is 9.30 Å². The first kappa shape index (κ1) is 21.6. The molecule has 0 atom stereocenters.